The number of carbonyl (C=O) groups excluding carboxylic acids is 1. The Bertz CT molecular complexity index is 778. The molecule has 146 valence electrons. The fourth-order valence-electron chi connectivity index (χ4n) is 3.32. The molecular weight excluding hydrogens is 371 g/mol. The lowest BCUT2D eigenvalue weighted by atomic mass is 9.88. The second-order valence-electron chi connectivity index (χ2n) is 6.89. The number of hydrogen-bond acceptors (Lipinski definition) is 4. The number of anilines is 1. The standard InChI is InChI=1S/C16H22F3N3O3S/c1-15(2)13(16(17,18)19)6-8-22(15)9-7-14(23)21-11-4-3-5-12(10-11)26(20,24)25/h3-5,10,13H,6-9H2,1-2H3,(H,21,23)(H2,20,24,25)/t13-/m0/s1. The molecule has 0 bridgehead atoms. The molecule has 1 atom stereocenters. The van der Waals surface area contributed by atoms with Gasteiger partial charge in [-0.3, -0.25) is 9.69 Å². The second kappa shape index (κ2) is 7.16. The predicted octanol–water partition coefficient (Wildman–Crippen LogP) is 2.33. The highest BCUT2D eigenvalue weighted by molar-refractivity contribution is 7.89. The molecule has 0 unspecified atom stereocenters. The van der Waals surface area contributed by atoms with E-state index < -0.39 is 33.6 Å². The van der Waals surface area contributed by atoms with Gasteiger partial charge in [0.15, 0.2) is 0 Å². The number of benzene rings is 1. The molecule has 0 spiro atoms. The average molecular weight is 393 g/mol. The van der Waals surface area contributed by atoms with Gasteiger partial charge < -0.3 is 5.32 Å². The van der Waals surface area contributed by atoms with E-state index in [4.69, 9.17) is 5.14 Å². The van der Waals surface area contributed by atoms with Crippen LogP contribution in [0.3, 0.4) is 0 Å². The minimum absolute atomic E-state index is 0.00634. The van der Waals surface area contributed by atoms with Gasteiger partial charge in [0, 0.05) is 24.2 Å². The van der Waals surface area contributed by atoms with E-state index in [-0.39, 0.29) is 36.5 Å². The van der Waals surface area contributed by atoms with Crippen LogP contribution in [0.4, 0.5) is 18.9 Å². The molecule has 0 saturated carbocycles. The third kappa shape index (κ3) is 4.74. The molecule has 3 N–H and O–H groups in total. The summed E-state index contributed by atoms with van der Waals surface area (Å²) in [5, 5.41) is 7.58. The predicted molar refractivity (Wildman–Crippen MR) is 90.9 cm³/mol. The highest BCUT2D eigenvalue weighted by Gasteiger charge is 2.54. The number of nitrogens with two attached hydrogens (primary N) is 1. The number of hydrogen-bond donors (Lipinski definition) is 2. The summed E-state index contributed by atoms with van der Waals surface area (Å²) < 4.78 is 61.9. The van der Waals surface area contributed by atoms with Crippen LogP contribution in [0, 0.1) is 5.92 Å². The largest absolute Gasteiger partial charge is 0.393 e. The minimum Gasteiger partial charge on any atom is -0.326 e. The number of nitrogens with zero attached hydrogens (tertiary/aromatic N) is 1. The number of alkyl halides is 3. The van der Waals surface area contributed by atoms with Crippen LogP contribution >= 0.6 is 0 Å². The summed E-state index contributed by atoms with van der Waals surface area (Å²) in [6.07, 6.45) is -4.27. The molecule has 1 amide bonds. The Labute approximate surface area is 150 Å². The van der Waals surface area contributed by atoms with Crippen molar-refractivity contribution in [2.45, 2.75) is 43.3 Å². The van der Waals surface area contributed by atoms with Crippen LogP contribution in [0.25, 0.3) is 0 Å². The number of amides is 1. The minimum atomic E-state index is -4.27. The van der Waals surface area contributed by atoms with Crippen molar-refractivity contribution < 1.29 is 26.4 Å². The zero-order valence-corrected chi connectivity index (χ0v) is 15.3. The van der Waals surface area contributed by atoms with Gasteiger partial charge in [-0.2, -0.15) is 13.2 Å². The van der Waals surface area contributed by atoms with Crippen molar-refractivity contribution in [3.8, 4) is 0 Å². The SMILES string of the molecule is CC1(C)[C@@H](C(F)(F)F)CCN1CCC(=O)Nc1cccc(S(N)(=O)=O)c1. The molecule has 0 aliphatic carbocycles. The lowest BCUT2D eigenvalue weighted by Gasteiger charge is -2.36. The zero-order chi connectivity index (χ0) is 19.8. The van der Waals surface area contributed by atoms with Crippen molar-refractivity contribution in [1.29, 1.82) is 0 Å². The summed E-state index contributed by atoms with van der Waals surface area (Å²) in [5.74, 6) is -1.84. The number of carbonyl (C=O) groups is 1. The van der Waals surface area contributed by atoms with Crippen LogP contribution in [-0.2, 0) is 14.8 Å². The van der Waals surface area contributed by atoms with Gasteiger partial charge in [-0.15, -0.1) is 0 Å². The summed E-state index contributed by atoms with van der Waals surface area (Å²) in [4.78, 5) is 13.6. The maximum atomic E-state index is 13.1. The molecule has 1 aromatic carbocycles. The summed E-state index contributed by atoms with van der Waals surface area (Å²) in [7, 11) is -3.89. The van der Waals surface area contributed by atoms with E-state index in [0.717, 1.165) is 0 Å². The Morgan fingerprint density at radius 3 is 2.58 bits per heavy atom. The van der Waals surface area contributed by atoms with Crippen LogP contribution in [0.15, 0.2) is 29.2 Å². The Morgan fingerprint density at radius 2 is 2.04 bits per heavy atom. The Kier molecular flexibility index (Phi) is 5.69. The molecular formula is C16H22F3N3O3S. The molecule has 10 heteroatoms. The normalized spacial score (nSPS) is 20.9. The molecule has 1 fully saturated rings. The van der Waals surface area contributed by atoms with Crippen LogP contribution in [0.1, 0.15) is 26.7 Å². The van der Waals surface area contributed by atoms with Gasteiger partial charge in [0.2, 0.25) is 15.9 Å². The highest BCUT2D eigenvalue weighted by atomic mass is 32.2. The first kappa shape index (κ1) is 20.7. The molecule has 1 aromatic rings. The summed E-state index contributed by atoms with van der Waals surface area (Å²) >= 11 is 0. The molecule has 0 aromatic heterocycles. The van der Waals surface area contributed by atoms with Gasteiger partial charge in [0.1, 0.15) is 0 Å². The lowest BCUT2D eigenvalue weighted by molar-refractivity contribution is -0.191. The third-order valence-electron chi connectivity index (χ3n) is 4.81. The van der Waals surface area contributed by atoms with E-state index in [1.165, 1.54) is 38.1 Å². The van der Waals surface area contributed by atoms with Gasteiger partial charge in [0.05, 0.1) is 10.8 Å². The molecule has 1 aliphatic heterocycles. The van der Waals surface area contributed by atoms with Gasteiger partial charge in [-0.05, 0) is 45.0 Å². The van der Waals surface area contributed by atoms with E-state index in [1.54, 1.807) is 4.90 Å². The lowest BCUT2D eigenvalue weighted by Crippen LogP contribution is -2.47. The first-order valence-electron chi connectivity index (χ1n) is 8.06. The van der Waals surface area contributed by atoms with Crippen molar-refractivity contribution in [3.05, 3.63) is 24.3 Å². The van der Waals surface area contributed by atoms with Crippen molar-refractivity contribution in [1.82, 2.24) is 4.90 Å². The quantitative estimate of drug-likeness (QED) is 0.803. The van der Waals surface area contributed by atoms with Crippen LogP contribution in [0.5, 0.6) is 0 Å². The van der Waals surface area contributed by atoms with E-state index in [0.29, 0.717) is 0 Å². The second-order valence-corrected chi connectivity index (χ2v) is 8.46. The highest BCUT2D eigenvalue weighted by Crippen LogP contribution is 2.44. The van der Waals surface area contributed by atoms with Crippen molar-refractivity contribution in [2.24, 2.45) is 11.1 Å². The maximum absolute atomic E-state index is 13.1. The van der Waals surface area contributed by atoms with E-state index >= 15 is 0 Å². The molecule has 2 rings (SSSR count). The molecule has 1 aliphatic rings. The number of primary sulfonamides is 1. The molecule has 1 heterocycles. The monoisotopic (exact) mass is 393 g/mol. The van der Waals surface area contributed by atoms with Crippen LogP contribution in [-0.4, -0.2) is 44.0 Å². The van der Waals surface area contributed by atoms with Gasteiger partial charge in [-0.25, -0.2) is 13.6 Å². The average Bonchev–Trinajstić information content (AvgIpc) is 2.79. The molecule has 26 heavy (non-hydrogen) atoms. The Balaban J connectivity index is 1.96. The van der Waals surface area contributed by atoms with E-state index in [1.807, 2.05) is 0 Å². The van der Waals surface area contributed by atoms with Crippen molar-refractivity contribution in [3.63, 3.8) is 0 Å². The van der Waals surface area contributed by atoms with Gasteiger partial charge >= 0.3 is 6.18 Å². The number of likely N-dealkylation sites (tertiary alicyclic amines) is 1. The summed E-state index contributed by atoms with van der Waals surface area (Å²) in [6.45, 7) is 3.52. The third-order valence-corrected chi connectivity index (χ3v) is 5.72. The molecule has 0 radical (unpaired) electrons. The number of sulfonamides is 1. The summed E-state index contributed by atoms with van der Waals surface area (Å²) in [6, 6.07) is 5.47. The first-order valence-corrected chi connectivity index (χ1v) is 9.61. The smallest absolute Gasteiger partial charge is 0.326 e. The van der Waals surface area contributed by atoms with E-state index in [2.05, 4.69) is 5.32 Å². The van der Waals surface area contributed by atoms with Crippen molar-refractivity contribution in [2.75, 3.05) is 18.4 Å². The van der Waals surface area contributed by atoms with Crippen LogP contribution in [0.2, 0.25) is 0 Å². The fourth-order valence-corrected chi connectivity index (χ4v) is 3.88. The maximum Gasteiger partial charge on any atom is 0.393 e. The van der Waals surface area contributed by atoms with E-state index in [9.17, 15) is 26.4 Å². The Morgan fingerprint density at radius 1 is 1.38 bits per heavy atom. The topological polar surface area (TPSA) is 92.5 Å². The van der Waals surface area contributed by atoms with Gasteiger partial charge in [-0.1, -0.05) is 6.07 Å². The number of halogens is 3. The fraction of sp³-hybridized carbons (Fsp3) is 0.562. The summed E-state index contributed by atoms with van der Waals surface area (Å²) in [5.41, 5.74) is -0.818. The number of rotatable bonds is 5. The van der Waals surface area contributed by atoms with Crippen molar-refractivity contribution >= 4 is 21.6 Å². The Hall–Kier alpha value is -1.65. The first-order chi connectivity index (χ1) is 11.8. The van der Waals surface area contributed by atoms with Crippen LogP contribution < -0.4 is 10.5 Å². The number of nitrogens with one attached hydrogen (secondary N) is 1. The zero-order valence-electron chi connectivity index (χ0n) is 14.5. The molecule has 6 nitrogen and oxygen atoms in total. The van der Waals surface area contributed by atoms with Gasteiger partial charge in [0.25, 0.3) is 0 Å². The molecule has 1 saturated heterocycles.